The van der Waals surface area contributed by atoms with Crippen molar-refractivity contribution in [2.45, 2.75) is 46.2 Å². The third-order valence-corrected chi connectivity index (χ3v) is 3.02. The van der Waals surface area contributed by atoms with Gasteiger partial charge in [0.15, 0.2) is 0 Å². The van der Waals surface area contributed by atoms with Crippen molar-refractivity contribution in [2.75, 3.05) is 0 Å². The molecule has 1 aromatic rings. The smallest absolute Gasteiger partial charge is 0.0475 e. The fraction of sp³-hybridized carbons (Fsp3) is 0.538. The lowest BCUT2D eigenvalue weighted by Gasteiger charge is -2.29. The molecule has 0 bridgehead atoms. The minimum Gasteiger partial charge on any atom is -0.324 e. The zero-order valence-corrected chi connectivity index (χ0v) is 10.4. The van der Waals surface area contributed by atoms with Gasteiger partial charge in [-0.3, -0.25) is 0 Å². The van der Waals surface area contributed by atoms with Crippen LogP contribution in [0.5, 0.6) is 0 Å². The Morgan fingerprint density at radius 1 is 1.00 bits per heavy atom. The van der Waals surface area contributed by atoms with E-state index in [4.69, 9.17) is 11.5 Å². The fourth-order valence-electron chi connectivity index (χ4n) is 1.72. The normalized spacial score (nSPS) is 14.1. The third-order valence-electron chi connectivity index (χ3n) is 3.02. The van der Waals surface area contributed by atoms with Crippen molar-refractivity contribution in [3.63, 3.8) is 0 Å². The van der Waals surface area contributed by atoms with Crippen molar-refractivity contribution < 1.29 is 0 Å². The molecule has 0 fully saturated rings. The molecule has 15 heavy (non-hydrogen) atoms. The van der Waals surface area contributed by atoms with Crippen LogP contribution in [0.15, 0.2) is 12.1 Å². The number of benzene rings is 1. The Bertz CT molecular complexity index is 362. The molecule has 0 aliphatic rings. The first-order valence-electron chi connectivity index (χ1n) is 5.35. The predicted octanol–water partition coefficient (Wildman–Crippen LogP) is 2.35. The minimum absolute atomic E-state index is 0.114. The molecule has 0 saturated heterocycles. The van der Waals surface area contributed by atoms with Crippen LogP contribution >= 0.6 is 0 Å². The van der Waals surface area contributed by atoms with Crippen LogP contribution in [0.4, 0.5) is 0 Å². The second-order valence-corrected chi connectivity index (χ2v) is 5.09. The average molecular weight is 206 g/mol. The molecule has 84 valence electrons. The van der Waals surface area contributed by atoms with E-state index in [2.05, 4.69) is 32.9 Å². The quantitative estimate of drug-likeness (QED) is 0.780. The third kappa shape index (κ3) is 2.58. The van der Waals surface area contributed by atoms with Crippen molar-refractivity contribution in [1.29, 1.82) is 0 Å². The van der Waals surface area contributed by atoms with Gasteiger partial charge in [-0.25, -0.2) is 0 Å². The number of hydrogen-bond acceptors (Lipinski definition) is 2. The number of rotatable bonds is 2. The van der Waals surface area contributed by atoms with Crippen molar-refractivity contribution in [1.82, 2.24) is 0 Å². The van der Waals surface area contributed by atoms with Gasteiger partial charge in [-0.05, 0) is 56.9 Å². The van der Waals surface area contributed by atoms with Gasteiger partial charge in [-0.1, -0.05) is 12.1 Å². The first-order valence-corrected chi connectivity index (χ1v) is 5.35. The summed E-state index contributed by atoms with van der Waals surface area (Å²) in [7, 11) is 0. The Labute approximate surface area is 92.7 Å². The summed E-state index contributed by atoms with van der Waals surface area (Å²) in [4.78, 5) is 0. The lowest BCUT2D eigenvalue weighted by atomic mass is 9.86. The Morgan fingerprint density at radius 2 is 1.47 bits per heavy atom. The van der Waals surface area contributed by atoms with Crippen LogP contribution in [0, 0.1) is 20.8 Å². The molecule has 1 atom stereocenters. The molecule has 0 heterocycles. The van der Waals surface area contributed by atoms with Gasteiger partial charge in [0.25, 0.3) is 0 Å². The molecule has 0 aliphatic heterocycles. The Kier molecular flexibility index (Phi) is 3.22. The maximum Gasteiger partial charge on any atom is 0.0475 e. The molecule has 2 nitrogen and oxygen atoms in total. The van der Waals surface area contributed by atoms with Gasteiger partial charge in [-0.2, -0.15) is 0 Å². The molecule has 0 amide bonds. The van der Waals surface area contributed by atoms with Gasteiger partial charge in [0.05, 0.1) is 0 Å². The summed E-state index contributed by atoms with van der Waals surface area (Å²) < 4.78 is 0. The average Bonchev–Trinajstić information content (AvgIpc) is 2.08. The van der Waals surface area contributed by atoms with E-state index in [0.29, 0.717) is 0 Å². The summed E-state index contributed by atoms with van der Waals surface area (Å²) in [6.07, 6.45) is 0. The summed E-state index contributed by atoms with van der Waals surface area (Å²) in [5, 5.41) is 0. The summed E-state index contributed by atoms with van der Waals surface area (Å²) in [6, 6.07) is 4.22. The van der Waals surface area contributed by atoms with Crippen LogP contribution in [0.1, 0.15) is 42.1 Å². The lowest BCUT2D eigenvalue weighted by molar-refractivity contribution is 0.419. The van der Waals surface area contributed by atoms with E-state index >= 15 is 0 Å². The number of nitrogens with two attached hydrogens (primary N) is 2. The highest BCUT2D eigenvalue weighted by Gasteiger charge is 2.24. The van der Waals surface area contributed by atoms with E-state index in [1.165, 1.54) is 16.7 Å². The lowest BCUT2D eigenvalue weighted by Crippen LogP contribution is -2.44. The molecule has 0 spiro atoms. The van der Waals surface area contributed by atoms with Crippen LogP contribution in [-0.4, -0.2) is 5.54 Å². The monoisotopic (exact) mass is 206 g/mol. The summed E-state index contributed by atoms with van der Waals surface area (Å²) >= 11 is 0. The van der Waals surface area contributed by atoms with Gasteiger partial charge in [0.2, 0.25) is 0 Å². The zero-order valence-electron chi connectivity index (χ0n) is 10.4. The van der Waals surface area contributed by atoms with Crippen LogP contribution in [-0.2, 0) is 0 Å². The van der Waals surface area contributed by atoms with Crippen LogP contribution < -0.4 is 11.5 Å². The van der Waals surface area contributed by atoms with E-state index in [1.807, 2.05) is 13.8 Å². The van der Waals surface area contributed by atoms with E-state index < -0.39 is 0 Å². The largest absolute Gasteiger partial charge is 0.324 e. The Morgan fingerprint density at radius 3 is 1.93 bits per heavy atom. The van der Waals surface area contributed by atoms with Crippen LogP contribution in [0.25, 0.3) is 0 Å². The van der Waals surface area contributed by atoms with E-state index in [1.54, 1.807) is 0 Å². The van der Waals surface area contributed by atoms with Gasteiger partial charge in [0, 0.05) is 11.6 Å². The molecule has 1 rings (SSSR count). The fourth-order valence-corrected chi connectivity index (χ4v) is 1.72. The molecule has 0 saturated carbocycles. The molecule has 0 radical (unpaired) electrons. The Balaban J connectivity index is 3.21. The highest BCUT2D eigenvalue weighted by molar-refractivity contribution is 5.39. The van der Waals surface area contributed by atoms with Crippen LogP contribution in [0.2, 0.25) is 0 Å². The van der Waals surface area contributed by atoms with Gasteiger partial charge in [0.1, 0.15) is 0 Å². The first kappa shape index (κ1) is 12.2. The number of aryl methyl sites for hydroxylation is 3. The molecular weight excluding hydrogens is 184 g/mol. The second kappa shape index (κ2) is 3.95. The van der Waals surface area contributed by atoms with Gasteiger partial charge in [-0.15, -0.1) is 0 Å². The highest BCUT2D eigenvalue weighted by atomic mass is 14.8. The SMILES string of the molecule is Cc1cc(C)c(C(N)C(C)(C)N)cc1C. The van der Waals surface area contributed by atoms with Crippen molar-refractivity contribution in [3.8, 4) is 0 Å². The Hall–Kier alpha value is -0.860. The number of hydrogen-bond donors (Lipinski definition) is 2. The molecular formula is C13H22N2. The molecule has 1 aromatic carbocycles. The second-order valence-electron chi connectivity index (χ2n) is 5.09. The van der Waals surface area contributed by atoms with E-state index in [-0.39, 0.29) is 11.6 Å². The maximum absolute atomic E-state index is 6.17. The topological polar surface area (TPSA) is 52.0 Å². The van der Waals surface area contributed by atoms with Crippen LogP contribution in [0.3, 0.4) is 0 Å². The first-order chi connectivity index (χ1) is 6.73. The zero-order chi connectivity index (χ0) is 11.8. The van der Waals surface area contributed by atoms with Crippen molar-refractivity contribution in [3.05, 3.63) is 34.4 Å². The van der Waals surface area contributed by atoms with E-state index in [0.717, 1.165) is 5.56 Å². The molecule has 4 N–H and O–H groups in total. The van der Waals surface area contributed by atoms with E-state index in [9.17, 15) is 0 Å². The molecule has 1 unspecified atom stereocenters. The highest BCUT2D eigenvalue weighted by Crippen LogP contribution is 2.26. The maximum atomic E-state index is 6.17. The minimum atomic E-state index is -0.382. The standard InChI is InChI=1S/C13H22N2/c1-8-6-10(3)11(7-9(8)2)12(14)13(4,5)15/h6-7,12H,14-15H2,1-5H3. The van der Waals surface area contributed by atoms with Crippen molar-refractivity contribution >= 4 is 0 Å². The van der Waals surface area contributed by atoms with Gasteiger partial charge >= 0.3 is 0 Å². The summed E-state index contributed by atoms with van der Waals surface area (Å²) in [6.45, 7) is 10.2. The molecule has 2 heteroatoms. The molecule has 0 aliphatic carbocycles. The van der Waals surface area contributed by atoms with Gasteiger partial charge < -0.3 is 11.5 Å². The molecule has 0 aromatic heterocycles. The summed E-state index contributed by atoms with van der Waals surface area (Å²) in [5.74, 6) is 0. The van der Waals surface area contributed by atoms with Crippen molar-refractivity contribution in [2.24, 2.45) is 11.5 Å². The summed E-state index contributed by atoms with van der Waals surface area (Å²) in [5.41, 5.74) is 16.8. The predicted molar refractivity (Wildman–Crippen MR) is 65.8 cm³/mol.